The van der Waals surface area contributed by atoms with E-state index in [0.717, 1.165) is 49.3 Å². The van der Waals surface area contributed by atoms with Crippen LogP contribution in [0.2, 0.25) is 0 Å². The van der Waals surface area contributed by atoms with E-state index in [-0.39, 0.29) is 16.9 Å². The van der Waals surface area contributed by atoms with Gasteiger partial charge in [0.05, 0.1) is 19.7 Å². The number of fused-ring (bicyclic) bond motifs is 2. The Balaban J connectivity index is 1.70. The molecule has 4 rings (SSSR count). The lowest BCUT2D eigenvalue weighted by Crippen LogP contribution is -2.46. The highest BCUT2D eigenvalue weighted by Crippen LogP contribution is 2.48. The lowest BCUT2D eigenvalue weighted by molar-refractivity contribution is 0.0977. The number of hydrogen-bond donors (Lipinski definition) is 0. The summed E-state index contributed by atoms with van der Waals surface area (Å²) in [6, 6.07) is 11.0. The molecule has 2 aliphatic heterocycles. The number of nitriles is 1. The first kappa shape index (κ1) is 19.3. The van der Waals surface area contributed by atoms with E-state index in [2.05, 4.69) is 11.0 Å². The number of benzene rings is 2. The van der Waals surface area contributed by atoms with Crippen molar-refractivity contribution in [2.24, 2.45) is 0 Å². The highest BCUT2D eigenvalue weighted by atomic mass is 19.2. The van der Waals surface area contributed by atoms with Crippen LogP contribution < -0.4 is 9.64 Å². The molecule has 0 unspecified atom stereocenters. The summed E-state index contributed by atoms with van der Waals surface area (Å²) in [6.07, 6.45) is 1.60. The summed E-state index contributed by atoms with van der Waals surface area (Å²) in [5.41, 5.74) is 1.67. The average molecular weight is 397 g/mol. The SMILES string of the molecule is COc1ccc2c(c1)C1(CCN(CC#N)CC1)CN2C(=O)c1ccc(F)c(F)c1. The number of rotatable bonds is 3. The second kappa shape index (κ2) is 7.45. The van der Waals surface area contributed by atoms with E-state index in [1.807, 2.05) is 12.1 Å². The monoisotopic (exact) mass is 397 g/mol. The smallest absolute Gasteiger partial charge is 0.258 e. The van der Waals surface area contributed by atoms with Gasteiger partial charge in [-0.2, -0.15) is 5.26 Å². The minimum absolute atomic E-state index is 0.115. The quantitative estimate of drug-likeness (QED) is 0.744. The van der Waals surface area contributed by atoms with E-state index in [4.69, 9.17) is 10.00 Å². The number of likely N-dealkylation sites (tertiary alicyclic amines) is 1. The zero-order valence-electron chi connectivity index (χ0n) is 16.1. The molecule has 5 nitrogen and oxygen atoms in total. The number of carbonyl (C=O) groups is 1. The van der Waals surface area contributed by atoms with Gasteiger partial charge in [-0.3, -0.25) is 9.69 Å². The average Bonchev–Trinajstić information content (AvgIpc) is 3.05. The standard InChI is InChI=1S/C22H21F2N3O2/c1-29-16-3-5-20-17(13-16)22(6-9-26(10-7-22)11-8-25)14-27(20)21(28)15-2-4-18(23)19(24)12-15/h2-5,12-13H,6-7,9-11,14H2,1H3. The molecule has 0 radical (unpaired) electrons. The van der Waals surface area contributed by atoms with E-state index in [0.29, 0.717) is 18.8 Å². The molecule has 1 amide bonds. The van der Waals surface area contributed by atoms with E-state index >= 15 is 0 Å². The number of ether oxygens (including phenoxy) is 1. The Morgan fingerprint density at radius 2 is 1.93 bits per heavy atom. The van der Waals surface area contributed by atoms with Crippen molar-refractivity contribution >= 4 is 11.6 Å². The molecule has 0 saturated carbocycles. The molecule has 1 spiro atoms. The zero-order valence-corrected chi connectivity index (χ0v) is 16.1. The molecule has 1 fully saturated rings. The van der Waals surface area contributed by atoms with Gasteiger partial charge < -0.3 is 9.64 Å². The first-order valence-corrected chi connectivity index (χ1v) is 9.52. The van der Waals surface area contributed by atoms with Crippen molar-refractivity contribution in [3.8, 4) is 11.8 Å². The molecule has 29 heavy (non-hydrogen) atoms. The number of hydrogen-bond acceptors (Lipinski definition) is 4. The van der Waals surface area contributed by atoms with Crippen molar-refractivity contribution in [1.82, 2.24) is 4.90 Å². The van der Waals surface area contributed by atoms with Crippen molar-refractivity contribution < 1.29 is 18.3 Å². The van der Waals surface area contributed by atoms with Crippen molar-refractivity contribution in [2.75, 3.05) is 38.2 Å². The van der Waals surface area contributed by atoms with Crippen LogP contribution in [0.3, 0.4) is 0 Å². The highest BCUT2D eigenvalue weighted by Gasteiger charge is 2.46. The van der Waals surface area contributed by atoms with Crippen molar-refractivity contribution in [2.45, 2.75) is 18.3 Å². The van der Waals surface area contributed by atoms with E-state index in [1.54, 1.807) is 18.1 Å². The molecular formula is C22H21F2N3O2. The number of anilines is 1. The third kappa shape index (κ3) is 3.34. The molecule has 2 aliphatic rings. The maximum Gasteiger partial charge on any atom is 0.258 e. The van der Waals surface area contributed by atoms with Crippen LogP contribution in [-0.2, 0) is 5.41 Å². The molecule has 0 N–H and O–H groups in total. The largest absolute Gasteiger partial charge is 0.497 e. The Bertz CT molecular complexity index is 994. The molecule has 0 atom stereocenters. The Kier molecular flexibility index (Phi) is 4.97. The second-order valence-electron chi connectivity index (χ2n) is 7.62. The maximum absolute atomic E-state index is 13.7. The van der Waals surface area contributed by atoms with Crippen LogP contribution in [0.4, 0.5) is 14.5 Å². The fraction of sp³-hybridized carbons (Fsp3) is 0.364. The summed E-state index contributed by atoms with van der Waals surface area (Å²) in [6.45, 7) is 2.38. The summed E-state index contributed by atoms with van der Waals surface area (Å²) >= 11 is 0. The number of methoxy groups -OCH3 is 1. The van der Waals surface area contributed by atoms with Gasteiger partial charge in [-0.1, -0.05) is 0 Å². The van der Waals surface area contributed by atoms with Gasteiger partial charge >= 0.3 is 0 Å². The van der Waals surface area contributed by atoms with Crippen LogP contribution in [-0.4, -0.2) is 44.1 Å². The molecule has 2 heterocycles. The molecule has 2 aromatic carbocycles. The molecular weight excluding hydrogens is 376 g/mol. The van der Waals surface area contributed by atoms with Crippen LogP contribution in [0.1, 0.15) is 28.8 Å². The number of carbonyl (C=O) groups excluding carboxylic acids is 1. The fourth-order valence-electron chi connectivity index (χ4n) is 4.41. The van der Waals surface area contributed by atoms with Gasteiger partial charge in [0.15, 0.2) is 11.6 Å². The number of halogens is 2. The Labute approximate surface area is 168 Å². The van der Waals surface area contributed by atoms with E-state index in [1.165, 1.54) is 6.07 Å². The molecule has 7 heteroatoms. The normalized spacial score (nSPS) is 17.8. The van der Waals surface area contributed by atoms with Crippen LogP contribution >= 0.6 is 0 Å². The first-order valence-electron chi connectivity index (χ1n) is 9.52. The molecule has 2 aromatic rings. The predicted molar refractivity (Wildman–Crippen MR) is 104 cm³/mol. The summed E-state index contributed by atoms with van der Waals surface area (Å²) < 4.78 is 32.4. The lowest BCUT2D eigenvalue weighted by Gasteiger charge is -2.39. The first-order chi connectivity index (χ1) is 14.0. The summed E-state index contributed by atoms with van der Waals surface area (Å²) in [5, 5.41) is 8.97. The third-order valence-electron chi connectivity index (χ3n) is 6.05. The molecule has 1 saturated heterocycles. The van der Waals surface area contributed by atoms with Gasteiger partial charge in [0.2, 0.25) is 0 Å². The minimum atomic E-state index is -1.04. The third-order valence-corrected chi connectivity index (χ3v) is 6.05. The Morgan fingerprint density at radius 1 is 1.17 bits per heavy atom. The molecule has 0 bridgehead atoms. The fourth-order valence-corrected chi connectivity index (χ4v) is 4.41. The van der Waals surface area contributed by atoms with Gasteiger partial charge in [0, 0.05) is 36.3 Å². The van der Waals surface area contributed by atoms with Crippen LogP contribution in [0.15, 0.2) is 36.4 Å². The van der Waals surface area contributed by atoms with Crippen LogP contribution in [0.25, 0.3) is 0 Å². The summed E-state index contributed by atoms with van der Waals surface area (Å²) in [5.74, 6) is -1.66. The van der Waals surface area contributed by atoms with E-state index < -0.39 is 11.6 Å². The minimum Gasteiger partial charge on any atom is -0.497 e. The Hall–Kier alpha value is -2.98. The Morgan fingerprint density at radius 3 is 2.59 bits per heavy atom. The maximum atomic E-state index is 13.7. The van der Waals surface area contributed by atoms with Gasteiger partial charge in [-0.25, -0.2) is 8.78 Å². The van der Waals surface area contributed by atoms with Crippen LogP contribution in [0.5, 0.6) is 5.75 Å². The van der Waals surface area contributed by atoms with Crippen molar-refractivity contribution in [3.63, 3.8) is 0 Å². The molecule has 0 aliphatic carbocycles. The number of piperidine rings is 1. The van der Waals surface area contributed by atoms with Gasteiger partial charge in [0.1, 0.15) is 5.75 Å². The predicted octanol–water partition coefficient (Wildman–Crippen LogP) is 3.49. The topological polar surface area (TPSA) is 56.6 Å². The van der Waals surface area contributed by atoms with Gasteiger partial charge in [-0.05, 0) is 54.8 Å². The zero-order chi connectivity index (χ0) is 20.6. The highest BCUT2D eigenvalue weighted by molar-refractivity contribution is 6.07. The summed E-state index contributed by atoms with van der Waals surface area (Å²) in [4.78, 5) is 16.9. The second-order valence-corrected chi connectivity index (χ2v) is 7.62. The number of nitrogens with zero attached hydrogens (tertiary/aromatic N) is 3. The van der Waals surface area contributed by atoms with Gasteiger partial charge in [0.25, 0.3) is 5.91 Å². The van der Waals surface area contributed by atoms with Crippen molar-refractivity contribution in [1.29, 1.82) is 5.26 Å². The van der Waals surface area contributed by atoms with E-state index in [9.17, 15) is 13.6 Å². The van der Waals surface area contributed by atoms with Gasteiger partial charge in [-0.15, -0.1) is 0 Å². The number of amides is 1. The molecule has 0 aromatic heterocycles. The molecule has 150 valence electrons. The summed E-state index contributed by atoms with van der Waals surface area (Å²) in [7, 11) is 1.60. The van der Waals surface area contributed by atoms with Crippen molar-refractivity contribution in [3.05, 3.63) is 59.2 Å². The van der Waals surface area contributed by atoms with Crippen LogP contribution in [0, 0.1) is 23.0 Å². The lowest BCUT2D eigenvalue weighted by atomic mass is 9.74.